The second-order valence-electron chi connectivity index (χ2n) is 5.49. The van der Waals surface area contributed by atoms with Crippen LogP contribution in [0.2, 0.25) is 0 Å². The van der Waals surface area contributed by atoms with E-state index in [0.29, 0.717) is 18.8 Å². The van der Waals surface area contributed by atoms with Crippen molar-refractivity contribution in [2.24, 2.45) is 5.92 Å². The van der Waals surface area contributed by atoms with E-state index in [4.69, 9.17) is 9.47 Å². The summed E-state index contributed by atoms with van der Waals surface area (Å²) >= 11 is 0. The molecule has 3 rings (SSSR count). The number of benzene rings is 1. The molecule has 0 spiro atoms. The van der Waals surface area contributed by atoms with Crippen molar-refractivity contribution in [3.05, 3.63) is 29.8 Å². The van der Waals surface area contributed by atoms with Gasteiger partial charge in [-0.1, -0.05) is 18.2 Å². The normalized spacial score (nSPS) is 26.6. The van der Waals surface area contributed by atoms with Crippen LogP contribution in [0.4, 0.5) is 0 Å². The maximum atomic E-state index is 5.86. The molecule has 0 radical (unpaired) electrons. The van der Waals surface area contributed by atoms with Crippen LogP contribution >= 0.6 is 0 Å². The van der Waals surface area contributed by atoms with Gasteiger partial charge in [0.25, 0.3) is 0 Å². The van der Waals surface area contributed by atoms with Crippen molar-refractivity contribution in [2.45, 2.75) is 44.9 Å². The van der Waals surface area contributed by atoms with E-state index in [9.17, 15) is 0 Å². The predicted octanol–water partition coefficient (Wildman–Crippen LogP) is 2.74. The van der Waals surface area contributed by atoms with E-state index in [1.165, 1.54) is 18.4 Å². The largest absolute Gasteiger partial charge is 0.494 e. The lowest BCUT2D eigenvalue weighted by Gasteiger charge is -2.20. The first kappa shape index (κ1) is 12.9. The number of rotatable bonds is 6. The lowest BCUT2D eigenvalue weighted by Crippen LogP contribution is -2.37. The van der Waals surface area contributed by atoms with Gasteiger partial charge in [0, 0.05) is 24.8 Å². The van der Waals surface area contributed by atoms with E-state index in [1.54, 1.807) is 0 Å². The van der Waals surface area contributed by atoms with Crippen molar-refractivity contribution in [3.63, 3.8) is 0 Å². The quantitative estimate of drug-likeness (QED) is 0.854. The molecule has 1 heterocycles. The molecule has 2 aliphatic rings. The summed E-state index contributed by atoms with van der Waals surface area (Å²) in [5.41, 5.74) is 1.24. The molecule has 1 saturated heterocycles. The van der Waals surface area contributed by atoms with Crippen molar-refractivity contribution in [2.75, 3.05) is 13.2 Å². The molecular formula is C16H23NO2. The third-order valence-corrected chi connectivity index (χ3v) is 4.05. The zero-order valence-corrected chi connectivity index (χ0v) is 11.6. The van der Waals surface area contributed by atoms with Crippen molar-refractivity contribution >= 4 is 0 Å². The Hall–Kier alpha value is -1.06. The second kappa shape index (κ2) is 5.93. The smallest absolute Gasteiger partial charge is 0.123 e. The molecule has 0 aromatic heterocycles. The zero-order valence-electron chi connectivity index (χ0n) is 11.6. The minimum absolute atomic E-state index is 0.444. The number of nitrogens with one attached hydrogen (secondary N) is 1. The van der Waals surface area contributed by atoms with Gasteiger partial charge in [-0.3, -0.25) is 0 Å². The van der Waals surface area contributed by atoms with Gasteiger partial charge in [0.05, 0.1) is 12.7 Å². The summed E-state index contributed by atoms with van der Waals surface area (Å²) in [5, 5.41) is 3.66. The van der Waals surface area contributed by atoms with Gasteiger partial charge in [0.2, 0.25) is 0 Å². The number of hydrogen-bond donors (Lipinski definition) is 1. The fourth-order valence-electron chi connectivity index (χ4n) is 2.91. The van der Waals surface area contributed by atoms with E-state index in [-0.39, 0.29) is 0 Å². The van der Waals surface area contributed by atoms with Gasteiger partial charge in [-0.2, -0.15) is 0 Å². The monoisotopic (exact) mass is 261 g/mol. The van der Waals surface area contributed by atoms with Crippen molar-refractivity contribution in [1.82, 2.24) is 5.32 Å². The number of para-hydroxylation sites is 1. The van der Waals surface area contributed by atoms with Gasteiger partial charge in [-0.05, 0) is 38.2 Å². The van der Waals surface area contributed by atoms with Crippen molar-refractivity contribution in [1.29, 1.82) is 0 Å². The van der Waals surface area contributed by atoms with E-state index in [1.807, 2.05) is 19.1 Å². The minimum Gasteiger partial charge on any atom is -0.494 e. The zero-order chi connectivity index (χ0) is 13.1. The van der Waals surface area contributed by atoms with E-state index < -0.39 is 0 Å². The van der Waals surface area contributed by atoms with Crippen molar-refractivity contribution in [3.8, 4) is 5.75 Å². The Kier molecular flexibility index (Phi) is 4.04. The van der Waals surface area contributed by atoms with Crippen LogP contribution in [0.5, 0.6) is 5.75 Å². The highest BCUT2D eigenvalue weighted by atomic mass is 16.5. The Morgan fingerprint density at radius 3 is 2.89 bits per heavy atom. The lowest BCUT2D eigenvalue weighted by atomic mass is 10.1. The molecule has 19 heavy (non-hydrogen) atoms. The highest BCUT2D eigenvalue weighted by Crippen LogP contribution is 2.38. The summed E-state index contributed by atoms with van der Waals surface area (Å²) in [6.45, 7) is 4.52. The van der Waals surface area contributed by atoms with Crippen LogP contribution in [-0.2, 0) is 11.3 Å². The highest BCUT2D eigenvalue weighted by Gasteiger charge is 2.40. The van der Waals surface area contributed by atoms with Crippen LogP contribution in [-0.4, -0.2) is 25.4 Å². The van der Waals surface area contributed by atoms with E-state index >= 15 is 0 Å². The molecule has 2 fully saturated rings. The molecule has 2 unspecified atom stereocenters. The van der Waals surface area contributed by atoms with Gasteiger partial charge in [-0.15, -0.1) is 0 Å². The highest BCUT2D eigenvalue weighted by molar-refractivity contribution is 5.33. The Balaban J connectivity index is 1.59. The summed E-state index contributed by atoms with van der Waals surface area (Å²) < 4.78 is 11.5. The molecule has 0 bridgehead atoms. The van der Waals surface area contributed by atoms with Crippen LogP contribution in [0.1, 0.15) is 31.7 Å². The first-order valence-electron chi connectivity index (χ1n) is 7.44. The summed E-state index contributed by atoms with van der Waals surface area (Å²) in [7, 11) is 0. The van der Waals surface area contributed by atoms with E-state index in [2.05, 4.69) is 17.4 Å². The van der Waals surface area contributed by atoms with Crippen LogP contribution in [0.25, 0.3) is 0 Å². The summed E-state index contributed by atoms with van der Waals surface area (Å²) in [4.78, 5) is 0. The third kappa shape index (κ3) is 3.10. The fourth-order valence-corrected chi connectivity index (χ4v) is 2.91. The fraction of sp³-hybridized carbons (Fsp3) is 0.625. The third-order valence-electron chi connectivity index (χ3n) is 4.05. The topological polar surface area (TPSA) is 30.5 Å². The minimum atomic E-state index is 0.444. The molecule has 1 N–H and O–H groups in total. The van der Waals surface area contributed by atoms with E-state index in [0.717, 1.165) is 31.2 Å². The lowest BCUT2D eigenvalue weighted by molar-refractivity contribution is 0.0808. The first-order valence-corrected chi connectivity index (χ1v) is 7.44. The average Bonchev–Trinajstić information content (AvgIpc) is 3.17. The summed E-state index contributed by atoms with van der Waals surface area (Å²) in [6.07, 6.45) is 4.27. The molecule has 3 heteroatoms. The van der Waals surface area contributed by atoms with Gasteiger partial charge >= 0.3 is 0 Å². The number of hydrogen-bond acceptors (Lipinski definition) is 3. The van der Waals surface area contributed by atoms with Gasteiger partial charge in [0.1, 0.15) is 5.75 Å². The standard InChI is InChI=1S/C16H23NO2/c1-2-18-15-6-4-3-5-13(15)11-17-14-9-10-19-16(14)12-7-8-12/h3-6,12,14,16-17H,2,7-11H2,1H3. The van der Waals surface area contributed by atoms with Gasteiger partial charge in [0.15, 0.2) is 0 Å². The summed E-state index contributed by atoms with van der Waals surface area (Å²) in [6, 6.07) is 8.80. The van der Waals surface area contributed by atoms with Gasteiger partial charge in [-0.25, -0.2) is 0 Å². The number of ether oxygens (including phenoxy) is 2. The maximum Gasteiger partial charge on any atom is 0.123 e. The van der Waals surface area contributed by atoms with Gasteiger partial charge < -0.3 is 14.8 Å². The molecule has 1 aromatic rings. The van der Waals surface area contributed by atoms with Crippen molar-refractivity contribution < 1.29 is 9.47 Å². The van der Waals surface area contributed by atoms with Crippen LogP contribution in [0.3, 0.4) is 0 Å². The molecule has 1 saturated carbocycles. The molecule has 104 valence electrons. The molecular weight excluding hydrogens is 238 g/mol. The SMILES string of the molecule is CCOc1ccccc1CNC1CCOC1C1CC1. The summed E-state index contributed by atoms with van der Waals surface area (Å²) in [5.74, 6) is 1.81. The molecule has 0 amide bonds. The molecule has 1 aliphatic heterocycles. The Labute approximate surface area is 115 Å². The van der Waals surface area contributed by atoms with Crippen LogP contribution < -0.4 is 10.1 Å². The molecule has 1 aliphatic carbocycles. The first-order chi connectivity index (χ1) is 9.38. The predicted molar refractivity (Wildman–Crippen MR) is 75.3 cm³/mol. The average molecular weight is 261 g/mol. The second-order valence-corrected chi connectivity index (χ2v) is 5.49. The van der Waals surface area contributed by atoms with Crippen LogP contribution in [0.15, 0.2) is 24.3 Å². The van der Waals surface area contributed by atoms with Crippen LogP contribution in [0, 0.1) is 5.92 Å². The Bertz CT molecular complexity index is 417. The Morgan fingerprint density at radius 1 is 1.26 bits per heavy atom. The maximum absolute atomic E-state index is 5.86. The molecule has 2 atom stereocenters. The molecule has 3 nitrogen and oxygen atoms in total. The molecule has 1 aromatic carbocycles. The Morgan fingerprint density at radius 2 is 2.11 bits per heavy atom.